The molecule has 1 saturated heterocycles. The van der Waals surface area contributed by atoms with Crippen molar-refractivity contribution in [2.24, 2.45) is 4.99 Å². The summed E-state index contributed by atoms with van der Waals surface area (Å²) in [6, 6.07) is 16.5. The zero-order valence-electron chi connectivity index (χ0n) is 22.0. The molecule has 2 aliphatic heterocycles. The molecular weight excluding hydrogens is 527 g/mol. The fourth-order valence-electron chi connectivity index (χ4n) is 5.45. The average molecular weight is 557 g/mol. The summed E-state index contributed by atoms with van der Waals surface area (Å²) in [5, 5.41) is 0. The first-order valence-electron chi connectivity index (χ1n) is 13.1. The number of amidine groups is 1. The molecule has 1 fully saturated rings. The molecule has 40 heavy (non-hydrogen) atoms. The molecule has 0 aromatic heterocycles. The lowest BCUT2D eigenvalue weighted by molar-refractivity contribution is -0.137. The Bertz CT molecular complexity index is 1380. The number of carbonyl (C=O) groups excluding carboxylic acids is 1. The van der Waals surface area contributed by atoms with E-state index in [9.17, 15) is 26.7 Å². The molecule has 0 bridgehead atoms. The second-order valence-electron chi connectivity index (χ2n) is 10.1. The number of rotatable bonds is 7. The molecule has 210 valence electrons. The van der Waals surface area contributed by atoms with E-state index in [1.807, 2.05) is 0 Å². The van der Waals surface area contributed by atoms with Crippen molar-refractivity contribution in [3.05, 3.63) is 101 Å². The predicted octanol–water partition coefficient (Wildman–Crippen LogP) is 5.70. The number of piperazine rings is 1. The van der Waals surface area contributed by atoms with Gasteiger partial charge in [-0.15, -0.1) is 0 Å². The summed E-state index contributed by atoms with van der Waals surface area (Å²) >= 11 is 0. The van der Waals surface area contributed by atoms with Gasteiger partial charge in [-0.05, 0) is 79.5 Å². The SMILES string of the molecule is CC1=NC(c2ccc(F)cc2)(c2cccc(F)c2)C(=O)N1CCCN1CCN(c2ccc(C(F)(F)F)cc2)CC1. The van der Waals surface area contributed by atoms with Crippen LogP contribution in [0.3, 0.4) is 0 Å². The summed E-state index contributed by atoms with van der Waals surface area (Å²) in [7, 11) is 0. The van der Waals surface area contributed by atoms with Gasteiger partial charge in [-0.25, -0.2) is 13.8 Å². The predicted molar refractivity (Wildman–Crippen MR) is 143 cm³/mol. The monoisotopic (exact) mass is 556 g/mol. The van der Waals surface area contributed by atoms with Crippen LogP contribution in [0.5, 0.6) is 0 Å². The van der Waals surface area contributed by atoms with Crippen LogP contribution < -0.4 is 4.90 Å². The van der Waals surface area contributed by atoms with Gasteiger partial charge in [0.15, 0.2) is 5.54 Å². The maximum atomic E-state index is 14.2. The van der Waals surface area contributed by atoms with Crippen molar-refractivity contribution in [3.8, 4) is 0 Å². The minimum Gasteiger partial charge on any atom is -0.369 e. The van der Waals surface area contributed by atoms with Crippen LogP contribution in [-0.4, -0.2) is 60.8 Å². The van der Waals surface area contributed by atoms with Gasteiger partial charge in [0.2, 0.25) is 0 Å². The van der Waals surface area contributed by atoms with E-state index in [2.05, 4.69) is 9.80 Å². The number of aliphatic imine (C=N–C) groups is 1. The van der Waals surface area contributed by atoms with Crippen LogP contribution in [0.2, 0.25) is 0 Å². The Kier molecular flexibility index (Phi) is 7.63. The van der Waals surface area contributed by atoms with E-state index in [0.29, 0.717) is 43.0 Å². The Hall–Kier alpha value is -3.79. The molecular formula is C30H29F5N4O. The van der Waals surface area contributed by atoms with E-state index in [4.69, 9.17) is 4.99 Å². The lowest BCUT2D eigenvalue weighted by atomic mass is 9.82. The first-order chi connectivity index (χ1) is 19.1. The van der Waals surface area contributed by atoms with Crippen molar-refractivity contribution in [3.63, 3.8) is 0 Å². The number of anilines is 1. The van der Waals surface area contributed by atoms with Crippen LogP contribution in [0.4, 0.5) is 27.6 Å². The maximum Gasteiger partial charge on any atom is 0.416 e. The van der Waals surface area contributed by atoms with Crippen LogP contribution in [0.15, 0.2) is 77.8 Å². The van der Waals surface area contributed by atoms with Crippen molar-refractivity contribution in [2.75, 3.05) is 44.2 Å². The van der Waals surface area contributed by atoms with E-state index in [1.54, 1.807) is 17.9 Å². The van der Waals surface area contributed by atoms with Gasteiger partial charge < -0.3 is 4.90 Å². The van der Waals surface area contributed by atoms with E-state index < -0.39 is 28.9 Å². The normalized spacial score (nSPS) is 20.2. The summed E-state index contributed by atoms with van der Waals surface area (Å²) in [5.74, 6) is -0.742. The van der Waals surface area contributed by atoms with Gasteiger partial charge in [-0.3, -0.25) is 14.6 Å². The van der Waals surface area contributed by atoms with Gasteiger partial charge in [0.05, 0.1) is 5.56 Å². The first kappa shape index (κ1) is 27.8. The van der Waals surface area contributed by atoms with E-state index in [-0.39, 0.29) is 5.91 Å². The maximum absolute atomic E-state index is 14.2. The molecule has 5 nitrogen and oxygen atoms in total. The first-order valence-corrected chi connectivity index (χ1v) is 13.1. The largest absolute Gasteiger partial charge is 0.416 e. The highest BCUT2D eigenvalue weighted by Gasteiger charge is 2.50. The Morgan fingerprint density at radius 3 is 2.12 bits per heavy atom. The minimum absolute atomic E-state index is 0.311. The van der Waals surface area contributed by atoms with Gasteiger partial charge >= 0.3 is 6.18 Å². The average Bonchev–Trinajstić information content (AvgIpc) is 3.19. The minimum atomic E-state index is -4.35. The zero-order valence-corrected chi connectivity index (χ0v) is 22.0. The van der Waals surface area contributed by atoms with Crippen molar-refractivity contribution < 1.29 is 26.7 Å². The molecule has 10 heteroatoms. The van der Waals surface area contributed by atoms with Crippen LogP contribution in [0, 0.1) is 11.6 Å². The molecule has 0 spiro atoms. The number of nitrogens with zero attached hydrogens (tertiary/aromatic N) is 4. The second kappa shape index (κ2) is 11.0. The summed E-state index contributed by atoms with van der Waals surface area (Å²) in [4.78, 5) is 24.6. The quantitative estimate of drug-likeness (QED) is 0.351. The van der Waals surface area contributed by atoms with Gasteiger partial charge in [0, 0.05) is 38.4 Å². The Labute approximate surface area is 229 Å². The molecule has 1 amide bonds. The molecule has 0 radical (unpaired) electrons. The fraction of sp³-hybridized carbons (Fsp3) is 0.333. The van der Waals surface area contributed by atoms with E-state index in [1.165, 1.54) is 54.6 Å². The highest BCUT2D eigenvalue weighted by molar-refractivity contribution is 6.09. The molecule has 0 aliphatic carbocycles. The number of benzene rings is 3. The number of alkyl halides is 3. The summed E-state index contributed by atoms with van der Waals surface area (Å²) < 4.78 is 66.5. The molecule has 2 heterocycles. The summed E-state index contributed by atoms with van der Waals surface area (Å²) in [6.45, 7) is 5.72. The smallest absolute Gasteiger partial charge is 0.369 e. The lowest BCUT2D eigenvalue weighted by Gasteiger charge is -2.36. The molecule has 0 saturated carbocycles. The molecule has 1 unspecified atom stereocenters. The Balaban J connectivity index is 1.22. The topological polar surface area (TPSA) is 39.2 Å². The zero-order chi connectivity index (χ0) is 28.5. The van der Waals surface area contributed by atoms with Crippen molar-refractivity contribution >= 4 is 17.4 Å². The molecule has 3 aromatic carbocycles. The van der Waals surface area contributed by atoms with E-state index in [0.717, 1.165) is 37.5 Å². The molecule has 5 rings (SSSR count). The highest BCUT2D eigenvalue weighted by Crippen LogP contribution is 2.40. The molecule has 3 aromatic rings. The standard InChI is InChI=1S/C30H29F5N4O/c1-21-36-29(22-6-10-25(31)11-7-22,24-4-2-5-26(32)20-24)28(40)39(21)15-3-14-37-16-18-38(19-17-37)27-12-8-23(9-13-27)30(33,34)35/h2,4-13,20H,3,14-19H2,1H3. The second-order valence-corrected chi connectivity index (χ2v) is 10.1. The molecule has 1 atom stereocenters. The fourth-order valence-corrected chi connectivity index (χ4v) is 5.45. The number of carbonyl (C=O) groups is 1. The van der Waals surface area contributed by atoms with Crippen LogP contribution in [-0.2, 0) is 16.5 Å². The Morgan fingerprint density at radius 1 is 0.825 bits per heavy atom. The third-order valence-corrected chi connectivity index (χ3v) is 7.57. The van der Waals surface area contributed by atoms with Crippen molar-refractivity contribution in [2.45, 2.75) is 25.1 Å². The third kappa shape index (κ3) is 5.45. The third-order valence-electron chi connectivity index (χ3n) is 7.57. The highest BCUT2D eigenvalue weighted by atomic mass is 19.4. The van der Waals surface area contributed by atoms with Crippen molar-refractivity contribution in [1.29, 1.82) is 0 Å². The summed E-state index contributed by atoms with van der Waals surface area (Å²) in [5.41, 5.74) is -0.550. The van der Waals surface area contributed by atoms with Gasteiger partial charge in [-0.2, -0.15) is 13.2 Å². The molecule has 2 aliphatic rings. The number of hydrogen-bond acceptors (Lipinski definition) is 4. The molecule has 0 N–H and O–H groups in total. The van der Waals surface area contributed by atoms with E-state index >= 15 is 0 Å². The van der Waals surface area contributed by atoms with Crippen LogP contribution in [0.25, 0.3) is 0 Å². The number of amides is 1. The van der Waals surface area contributed by atoms with Gasteiger partial charge in [-0.1, -0.05) is 24.3 Å². The van der Waals surface area contributed by atoms with Gasteiger partial charge in [0.1, 0.15) is 17.5 Å². The summed E-state index contributed by atoms with van der Waals surface area (Å²) in [6.07, 6.45) is -3.69. The van der Waals surface area contributed by atoms with Gasteiger partial charge in [0.25, 0.3) is 5.91 Å². The van der Waals surface area contributed by atoms with Crippen LogP contribution >= 0.6 is 0 Å². The van der Waals surface area contributed by atoms with Crippen LogP contribution in [0.1, 0.15) is 30.0 Å². The van der Waals surface area contributed by atoms with Crippen molar-refractivity contribution in [1.82, 2.24) is 9.80 Å². The Morgan fingerprint density at radius 2 is 1.50 bits per heavy atom. The number of hydrogen-bond donors (Lipinski definition) is 0. The number of halogens is 5. The lowest BCUT2D eigenvalue weighted by Crippen LogP contribution is -2.47.